The zero-order valence-electron chi connectivity index (χ0n) is 14.6. The Morgan fingerprint density at radius 2 is 1.83 bits per heavy atom. The van der Waals surface area contributed by atoms with Crippen LogP contribution in [0.25, 0.3) is 0 Å². The highest BCUT2D eigenvalue weighted by Crippen LogP contribution is 2.27. The molecule has 0 radical (unpaired) electrons. The number of hydrogen-bond acceptors (Lipinski definition) is 4. The Balaban J connectivity index is 2.24. The summed E-state index contributed by atoms with van der Waals surface area (Å²) in [4.78, 5) is 27.5. The van der Waals surface area contributed by atoms with Gasteiger partial charge in [0.25, 0.3) is 5.56 Å². The van der Waals surface area contributed by atoms with Crippen LogP contribution in [0.5, 0.6) is 0 Å². The highest BCUT2D eigenvalue weighted by molar-refractivity contribution is 7.99. The second-order valence-electron chi connectivity index (χ2n) is 6.88. The molecule has 1 heterocycles. The summed E-state index contributed by atoms with van der Waals surface area (Å²) < 4.78 is 7.21. The summed E-state index contributed by atoms with van der Waals surface area (Å²) in [7, 11) is -1.18. The smallest absolute Gasteiger partial charge is 0.331 e. The van der Waals surface area contributed by atoms with Gasteiger partial charge in [-0.15, -0.1) is 0 Å². The highest BCUT2D eigenvalue weighted by Gasteiger charge is 2.15. The maximum atomic E-state index is 12.2. The molecule has 0 amide bonds. The molecule has 0 unspecified atom stereocenters. The fourth-order valence-electron chi connectivity index (χ4n) is 2.03. The van der Waals surface area contributed by atoms with Gasteiger partial charge in [-0.1, -0.05) is 49.6 Å². The number of ether oxygens (including phenoxy) is 1. The van der Waals surface area contributed by atoms with Crippen LogP contribution >= 0.6 is 11.8 Å². The van der Waals surface area contributed by atoms with Crippen molar-refractivity contribution in [2.75, 3.05) is 6.61 Å². The lowest BCUT2D eigenvalue weighted by Gasteiger charge is -2.17. The van der Waals surface area contributed by atoms with Crippen LogP contribution in [0.2, 0.25) is 25.7 Å². The Morgan fingerprint density at radius 3 is 2.46 bits per heavy atom. The largest absolute Gasteiger partial charge is 0.361 e. The van der Waals surface area contributed by atoms with Crippen molar-refractivity contribution in [2.24, 2.45) is 0 Å². The van der Waals surface area contributed by atoms with Crippen molar-refractivity contribution in [3.05, 3.63) is 56.7 Å². The second-order valence-corrected chi connectivity index (χ2v) is 13.6. The van der Waals surface area contributed by atoms with Crippen molar-refractivity contribution in [3.8, 4) is 0 Å². The van der Waals surface area contributed by atoms with Crippen molar-refractivity contribution in [1.29, 1.82) is 0 Å². The molecule has 5 nitrogen and oxygen atoms in total. The molecule has 0 saturated carbocycles. The van der Waals surface area contributed by atoms with E-state index in [-0.39, 0.29) is 12.3 Å². The van der Waals surface area contributed by atoms with E-state index in [1.54, 1.807) is 6.92 Å². The van der Waals surface area contributed by atoms with Gasteiger partial charge in [-0.05, 0) is 25.1 Å². The third-order valence-electron chi connectivity index (χ3n) is 3.55. The molecular formula is C17H24N2O3SSi. The normalized spacial score (nSPS) is 11.7. The molecule has 0 bridgehead atoms. The molecule has 2 rings (SSSR count). The number of nitrogens with one attached hydrogen (secondary N) is 1. The van der Waals surface area contributed by atoms with E-state index in [2.05, 4.69) is 24.6 Å². The molecule has 2 aromatic rings. The maximum absolute atomic E-state index is 12.2. The molecule has 0 aliphatic rings. The Morgan fingerprint density at radius 1 is 1.17 bits per heavy atom. The van der Waals surface area contributed by atoms with E-state index in [0.29, 0.717) is 17.2 Å². The zero-order valence-corrected chi connectivity index (χ0v) is 16.4. The number of hydrogen-bond donors (Lipinski definition) is 1. The average molecular weight is 365 g/mol. The molecule has 0 aliphatic heterocycles. The van der Waals surface area contributed by atoms with Crippen molar-refractivity contribution in [3.63, 3.8) is 0 Å². The predicted molar refractivity (Wildman–Crippen MR) is 101 cm³/mol. The Bertz CT molecular complexity index is 794. The lowest BCUT2D eigenvalue weighted by atomic mass is 10.4. The van der Waals surface area contributed by atoms with E-state index < -0.39 is 13.8 Å². The maximum Gasteiger partial charge on any atom is 0.331 e. The van der Waals surface area contributed by atoms with Crippen LogP contribution in [-0.4, -0.2) is 24.2 Å². The topological polar surface area (TPSA) is 64.1 Å². The van der Waals surface area contributed by atoms with Gasteiger partial charge in [-0.25, -0.2) is 4.79 Å². The average Bonchev–Trinajstić information content (AvgIpc) is 2.51. The van der Waals surface area contributed by atoms with E-state index in [9.17, 15) is 9.59 Å². The van der Waals surface area contributed by atoms with E-state index >= 15 is 0 Å². The van der Waals surface area contributed by atoms with Crippen molar-refractivity contribution in [2.45, 2.75) is 49.3 Å². The zero-order chi connectivity index (χ0) is 17.7. The van der Waals surface area contributed by atoms with Crippen LogP contribution in [0.15, 0.2) is 49.8 Å². The number of H-pyrrole nitrogens is 1. The van der Waals surface area contributed by atoms with E-state index in [4.69, 9.17) is 4.74 Å². The summed E-state index contributed by atoms with van der Waals surface area (Å²) in [5, 5.41) is 0.628. The minimum absolute atomic E-state index is 0.149. The molecule has 7 heteroatoms. The molecule has 0 saturated heterocycles. The van der Waals surface area contributed by atoms with Gasteiger partial charge >= 0.3 is 5.69 Å². The third kappa shape index (κ3) is 5.22. The third-order valence-corrected chi connectivity index (χ3v) is 6.48. The molecule has 1 aromatic carbocycles. The first-order valence-electron chi connectivity index (χ1n) is 7.92. The summed E-state index contributed by atoms with van der Waals surface area (Å²) in [5.41, 5.74) is -0.258. The second kappa shape index (κ2) is 8.00. The molecule has 24 heavy (non-hydrogen) atoms. The van der Waals surface area contributed by atoms with Crippen LogP contribution in [0.1, 0.15) is 5.56 Å². The minimum atomic E-state index is -1.18. The van der Waals surface area contributed by atoms with Crippen LogP contribution in [0, 0.1) is 6.92 Å². The van der Waals surface area contributed by atoms with E-state index in [1.807, 2.05) is 30.3 Å². The van der Waals surface area contributed by atoms with Crippen molar-refractivity contribution in [1.82, 2.24) is 9.55 Å². The molecule has 0 spiro atoms. The van der Waals surface area contributed by atoms with Gasteiger partial charge in [0.05, 0.1) is 5.03 Å². The van der Waals surface area contributed by atoms with Crippen molar-refractivity contribution >= 4 is 19.8 Å². The molecule has 1 aromatic heterocycles. The van der Waals surface area contributed by atoms with Gasteiger partial charge in [0, 0.05) is 25.1 Å². The summed E-state index contributed by atoms with van der Waals surface area (Å²) in [6.45, 7) is 9.34. The Labute approximate surface area is 147 Å². The lowest BCUT2D eigenvalue weighted by molar-refractivity contribution is 0.0774. The van der Waals surface area contributed by atoms with Crippen LogP contribution in [0.3, 0.4) is 0 Å². The first-order chi connectivity index (χ1) is 11.3. The van der Waals surface area contributed by atoms with Crippen molar-refractivity contribution < 1.29 is 4.74 Å². The summed E-state index contributed by atoms with van der Waals surface area (Å²) in [6, 6.07) is 10.7. The number of benzene rings is 1. The summed E-state index contributed by atoms with van der Waals surface area (Å²) in [6.07, 6.45) is 0. The van der Waals surface area contributed by atoms with Gasteiger partial charge in [0.1, 0.15) is 6.73 Å². The quantitative estimate of drug-likeness (QED) is 0.465. The lowest BCUT2D eigenvalue weighted by Crippen LogP contribution is -2.34. The number of nitrogens with zero attached hydrogens (tertiary/aromatic N) is 1. The fourth-order valence-corrected chi connectivity index (χ4v) is 3.80. The molecule has 0 fully saturated rings. The van der Waals surface area contributed by atoms with Gasteiger partial charge in [-0.2, -0.15) is 0 Å². The van der Waals surface area contributed by atoms with Crippen LogP contribution < -0.4 is 11.2 Å². The Kier molecular flexibility index (Phi) is 6.25. The van der Waals surface area contributed by atoms with Gasteiger partial charge in [0.2, 0.25) is 0 Å². The first-order valence-corrected chi connectivity index (χ1v) is 12.4. The van der Waals surface area contributed by atoms with Gasteiger partial charge in [0.15, 0.2) is 0 Å². The standard InChI is InChI=1S/C17H24N2O3SSi/c1-13-15(20)18-17(21)19(12-22-10-11-24(2,3)4)16(13)23-14-8-6-5-7-9-14/h5-9H,10-12H2,1-4H3,(H,18,20,21). The SMILES string of the molecule is Cc1c(Sc2ccccc2)n(COCC[Si](C)(C)C)c(=O)[nH]c1=O. The number of aromatic nitrogens is 2. The fraction of sp³-hybridized carbons (Fsp3) is 0.412. The highest BCUT2D eigenvalue weighted by atomic mass is 32.2. The number of aromatic amines is 1. The Hall–Kier alpha value is -1.57. The number of rotatable bonds is 7. The van der Waals surface area contributed by atoms with Crippen LogP contribution in [0.4, 0.5) is 0 Å². The molecule has 0 atom stereocenters. The monoisotopic (exact) mass is 364 g/mol. The summed E-state index contributed by atoms with van der Waals surface area (Å²) in [5.74, 6) is 0. The minimum Gasteiger partial charge on any atom is -0.361 e. The van der Waals surface area contributed by atoms with Crippen LogP contribution in [-0.2, 0) is 11.5 Å². The molecular weight excluding hydrogens is 340 g/mol. The van der Waals surface area contributed by atoms with E-state index in [1.165, 1.54) is 16.3 Å². The molecule has 1 N–H and O–H groups in total. The molecule has 0 aliphatic carbocycles. The first kappa shape index (κ1) is 18.8. The summed E-state index contributed by atoms with van der Waals surface area (Å²) >= 11 is 1.40. The van der Waals surface area contributed by atoms with E-state index in [0.717, 1.165) is 10.9 Å². The molecule has 130 valence electrons. The van der Waals surface area contributed by atoms with Gasteiger partial charge in [-0.3, -0.25) is 14.3 Å². The predicted octanol–water partition coefficient (Wildman–Crippen LogP) is 3.31. The van der Waals surface area contributed by atoms with Gasteiger partial charge < -0.3 is 4.74 Å².